The highest BCUT2D eigenvalue weighted by Gasteiger charge is 2.17. The van der Waals surface area contributed by atoms with E-state index in [1.165, 1.54) is 18.9 Å². The first-order chi connectivity index (χ1) is 9.47. The molecule has 1 aliphatic heterocycles. The van der Waals surface area contributed by atoms with Gasteiger partial charge in [-0.05, 0) is 37.4 Å². The molecule has 1 fully saturated rings. The third-order valence-corrected chi connectivity index (χ3v) is 4.48. The molecule has 112 valence electrons. The van der Waals surface area contributed by atoms with Crippen LogP contribution in [0, 0.1) is 5.92 Å². The van der Waals surface area contributed by atoms with Gasteiger partial charge in [0.15, 0.2) is 0 Å². The molecule has 0 aromatic carbocycles. The summed E-state index contributed by atoms with van der Waals surface area (Å²) >= 11 is 0. The number of rotatable bonds is 5. The zero-order chi connectivity index (χ0) is 14.6. The summed E-state index contributed by atoms with van der Waals surface area (Å²) in [6, 6.07) is 3.03. The maximum Gasteiger partial charge on any atom is 0.241 e. The predicted octanol–water partition coefficient (Wildman–Crippen LogP) is 0.873. The van der Waals surface area contributed by atoms with Crippen LogP contribution in [0.15, 0.2) is 23.2 Å². The second kappa shape index (κ2) is 6.51. The topological polar surface area (TPSA) is 88.3 Å². The summed E-state index contributed by atoms with van der Waals surface area (Å²) in [7, 11) is -3.74. The molecule has 3 N–H and O–H groups in total. The number of nitrogens with two attached hydrogens (primary N) is 1. The molecule has 0 radical (unpaired) electrons. The van der Waals surface area contributed by atoms with Gasteiger partial charge in [-0.25, -0.2) is 18.5 Å². The van der Waals surface area contributed by atoms with Crippen LogP contribution in [0.2, 0.25) is 0 Å². The Morgan fingerprint density at radius 1 is 1.55 bits per heavy atom. The fourth-order valence-corrected chi connectivity index (χ4v) is 3.24. The number of piperidine rings is 1. The summed E-state index contributed by atoms with van der Waals surface area (Å²) < 4.78 is 22.9. The summed E-state index contributed by atoms with van der Waals surface area (Å²) in [5.74, 6) is 1.07. The Morgan fingerprint density at radius 2 is 2.35 bits per heavy atom. The number of hydrogen-bond acceptors (Lipinski definition) is 5. The van der Waals surface area contributed by atoms with Gasteiger partial charge in [0.25, 0.3) is 0 Å². The van der Waals surface area contributed by atoms with E-state index < -0.39 is 10.0 Å². The van der Waals surface area contributed by atoms with E-state index >= 15 is 0 Å². The Morgan fingerprint density at radius 3 is 3.05 bits per heavy atom. The summed E-state index contributed by atoms with van der Waals surface area (Å²) in [5, 5.41) is 8.24. The standard InChI is InChI=1S/C13H22N4O2S/c1-11-4-3-8-17(10-11)9-7-16-13-12(20(14,18)19)5-2-6-15-13/h2,5-6,11H,3-4,7-10H2,1H3,(H,15,16)(H2,14,18,19)/t11-/m1/s1. The molecule has 0 bridgehead atoms. The number of sulfonamides is 1. The number of pyridine rings is 1. The fourth-order valence-electron chi connectivity index (χ4n) is 2.58. The van der Waals surface area contributed by atoms with Gasteiger partial charge in [0.2, 0.25) is 10.0 Å². The zero-order valence-corrected chi connectivity index (χ0v) is 12.6. The Labute approximate surface area is 120 Å². The molecule has 0 saturated carbocycles. The highest BCUT2D eigenvalue weighted by Crippen LogP contribution is 2.17. The van der Waals surface area contributed by atoms with Crippen LogP contribution in [-0.2, 0) is 10.0 Å². The molecule has 1 aromatic rings. The number of primary sulfonamides is 1. The van der Waals surface area contributed by atoms with Crippen molar-refractivity contribution in [3.8, 4) is 0 Å². The lowest BCUT2D eigenvalue weighted by Gasteiger charge is -2.30. The molecule has 0 unspecified atom stereocenters. The van der Waals surface area contributed by atoms with Gasteiger partial charge in [-0.15, -0.1) is 0 Å². The predicted molar refractivity (Wildman–Crippen MR) is 78.9 cm³/mol. The van der Waals surface area contributed by atoms with E-state index in [0.29, 0.717) is 12.4 Å². The molecule has 0 aliphatic carbocycles. The SMILES string of the molecule is C[C@@H]1CCCN(CCNc2ncccc2S(N)(=O)=O)C1. The Hall–Kier alpha value is -1.18. The third kappa shape index (κ3) is 4.16. The summed E-state index contributed by atoms with van der Waals surface area (Å²) in [6.45, 7) is 6.01. The van der Waals surface area contributed by atoms with E-state index in [-0.39, 0.29) is 4.90 Å². The van der Waals surface area contributed by atoms with E-state index in [9.17, 15) is 8.42 Å². The minimum Gasteiger partial charge on any atom is -0.368 e. The first kappa shape index (κ1) is 15.2. The molecule has 20 heavy (non-hydrogen) atoms. The van der Waals surface area contributed by atoms with Crippen molar-refractivity contribution in [1.29, 1.82) is 0 Å². The molecular weight excluding hydrogens is 276 g/mol. The van der Waals surface area contributed by atoms with E-state index in [1.807, 2.05) is 0 Å². The third-order valence-electron chi connectivity index (χ3n) is 3.54. The van der Waals surface area contributed by atoms with Crippen molar-refractivity contribution in [2.24, 2.45) is 11.1 Å². The maximum atomic E-state index is 11.4. The molecule has 7 heteroatoms. The number of nitrogens with zero attached hydrogens (tertiary/aromatic N) is 2. The smallest absolute Gasteiger partial charge is 0.241 e. The molecular formula is C13H22N4O2S. The number of anilines is 1. The van der Waals surface area contributed by atoms with E-state index in [4.69, 9.17) is 5.14 Å². The number of hydrogen-bond donors (Lipinski definition) is 2. The van der Waals surface area contributed by atoms with Crippen LogP contribution in [0.25, 0.3) is 0 Å². The first-order valence-corrected chi connectivity index (χ1v) is 8.45. The Kier molecular flexibility index (Phi) is 4.95. The Bertz CT molecular complexity index is 547. The molecule has 0 amide bonds. The van der Waals surface area contributed by atoms with Crippen molar-refractivity contribution in [2.45, 2.75) is 24.7 Å². The molecule has 1 aliphatic rings. The lowest BCUT2D eigenvalue weighted by Crippen LogP contribution is -2.37. The van der Waals surface area contributed by atoms with Gasteiger partial charge >= 0.3 is 0 Å². The van der Waals surface area contributed by atoms with E-state index in [2.05, 4.69) is 22.1 Å². The van der Waals surface area contributed by atoms with Gasteiger partial charge < -0.3 is 10.2 Å². The average Bonchev–Trinajstić information content (AvgIpc) is 2.38. The van der Waals surface area contributed by atoms with Crippen LogP contribution < -0.4 is 10.5 Å². The van der Waals surface area contributed by atoms with E-state index in [0.717, 1.165) is 25.6 Å². The summed E-state index contributed by atoms with van der Waals surface area (Å²) in [4.78, 5) is 6.49. The minimum atomic E-state index is -3.74. The maximum absolute atomic E-state index is 11.4. The van der Waals surface area contributed by atoms with Crippen LogP contribution >= 0.6 is 0 Å². The van der Waals surface area contributed by atoms with Crippen molar-refractivity contribution in [3.05, 3.63) is 18.3 Å². The molecule has 1 saturated heterocycles. The highest BCUT2D eigenvalue weighted by atomic mass is 32.2. The van der Waals surface area contributed by atoms with Crippen LogP contribution in [0.3, 0.4) is 0 Å². The number of nitrogens with one attached hydrogen (secondary N) is 1. The van der Waals surface area contributed by atoms with Crippen molar-refractivity contribution in [3.63, 3.8) is 0 Å². The normalized spacial score (nSPS) is 20.8. The lowest BCUT2D eigenvalue weighted by molar-refractivity contribution is 0.190. The first-order valence-electron chi connectivity index (χ1n) is 6.91. The largest absolute Gasteiger partial charge is 0.368 e. The molecule has 0 spiro atoms. The molecule has 6 nitrogen and oxygen atoms in total. The van der Waals surface area contributed by atoms with Crippen LogP contribution in [0.5, 0.6) is 0 Å². The van der Waals surface area contributed by atoms with Crippen molar-refractivity contribution >= 4 is 15.8 Å². The van der Waals surface area contributed by atoms with Crippen molar-refractivity contribution < 1.29 is 8.42 Å². The van der Waals surface area contributed by atoms with Crippen molar-refractivity contribution in [1.82, 2.24) is 9.88 Å². The van der Waals surface area contributed by atoms with Crippen LogP contribution in [-0.4, -0.2) is 44.5 Å². The minimum absolute atomic E-state index is 0.0482. The van der Waals surface area contributed by atoms with Gasteiger partial charge in [-0.1, -0.05) is 6.92 Å². The van der Waals surface area contributed by atoms with E-state index in [1.54, 1.807) is 12.3 Å². The fraction of sp³-hybridized carbons (Fsp3) is 0.615. The summed E-state index contributed by atoms with van der Waals surface area (Å²) in [6.07, 6.45) is 4.08. The summed E-state index contributed by atoms with van der Waals surface area (Å²) in [5.41, 5.74) is 0. The molecule has 1 aromatic heterocycles. The van der Waals surface area contributed by atoms with Gasteiger partial charge in [0.1, 0.15) is 10.7 Å². The van der Waals surface area contributed by atoms with Crippen LogP contribution in [0.1, 0.15) is 19.8 Å². The second-order valence-electron chi connectivity index (χ2n) is 5.37. The van der Waals surface area contributed by atoms with Gasteiger partial charge in [-0.2, -0.15) is 0 Å². The van der Waals surface area contributed by atoms with Crippen LogP contribution in [0.4, 0.5) is 5.82 Å². The van der Waals surface area contributed by atoms with Gasteiger partial charge in [-0.3, -0.25) is 0 Å². The lowest BCUT2D eigenvalue weighted by atomic mass is 10.0. The van der Waals surface area contributed by atoms with Gasteiger partial charge in [0.05, 0.1) is 0 Å². The number of aromatic nitrogens is 1. The van der Waals surface area contributed by atoms with Gasteiger partial charge in [0, 0.05) is 25.8 Å². The average molecular weight is 298 g/mol. The Balaban J connectivity index is 1.91. The molecule has 2 heterocycles. The zero-order valence-electron chi connectivity index (χ0n) is 11.7. The van der Waals surface area contributed by atoms with Crippen molar-refractivity contribution in [2.75, 3.05) is 31.5 Å². The quantitative estimate of drug-likeness (QED) is 0.842. The highest BCUT2D eigenvalue weighted by molar-refractivity contribution is 7.89. The number of likely N-dealkylation sites (tertiary alicyclic amines) is 1. The molecule has 2 rings (SSSR count). The molecule has 1 atom stereocenters. The monoisotopic (exact) mass is 298 g/mol. The second-order valence-corrected chi connectivity index (χ2v) is 6.90.